The highest BCUT2D eigenvalue weighted by Gasteiger charge is 2.46. The van der Waals surface area contributed by atoms with Gasteiger partial charge in [0.05, 0.1) is 6.54 Å². The van der Waals surface area contributed by atoms with Crippen LogP contribution in [-0.4, -0.2) is 20.2 Å². The Balaban J connectivity index is 1.96. The number of rotatable bonds is 4. The summed E-state index contributed by atoms with van der Waals surface area (Å²) in [6, 6.07) is 3.18. The Hall–Kier alpha value is -1.98. The Morgan fingerprint density at radius 2 is 2.10 bits per heavy atom. The fourth-order valence-corrected chi connectivity index (χ4v) is 2.72. The van der Waals surface area contributed by atoms with Gasteiger partial charge < -0.3 is 5.73 Å². The van der Waals surface area contributed by atoms with Crippen molar-refractivity contribution in [1.29, 1.82) is 0 Å². The summed E-state index contributed by atoms with van der Waals surface area (Å²) >= 11 is 0. The minimum Gasteiger partial charge on any atom is -0.398 e. The van der Waals surface area contributed by atoms with E-state index in [9.17, 15) is 4.39 Å². The molecule has 3 rings (SSSR count). The van der Waals surface area contributed by atoms with Gasteiger partial charge in [-0.2, -0.15) is 0 Å². The third-order valence-electron chi connectivity index (χ3n) is 4.76. The zero-order valence-electron chi connectivity index (χ0n) is 12.6. The van der Waals surface area contributed by atoms with Crippen molar-refractivity contribution < 1.29 is 4.39 Å². The van der Waals surface area contributed by atoms with E-state index in [0.717, 1.165) is 6.54 Å². The molecule has 2 N–H and O–H groups in total. The topological polar surface area (TPSA) is 69.6 Å². The van der Waals surface area contributed by atoms with Gasteiger partial charge in [-0.05, 0) is 53.7 Å². The fraction of sp³-hybridized carbons (Fsp3) is 0.533. The van der Waals surface area contributed by atoms with Crippen molar-refractivity contribution in [3.8, 4) is 11.4 Å². The average Bonchev–Trinajstić information content (AvgIpc) is 3.07. The van der Waals surface area contributed by atoms with Gasteiger partial charge in [-0.1, -0.05) is 13.8 Å². The molecule has 1 saturated carbocycles. The molecule has 21 heavy (non-hydrogen) atoms. The third kappa shape index (κ3) is 2.39. The molecule has 112 valence electrons. The first-order chi connectivity index (χ1) is 9.93. The number of nitrogens with two attached hydrogens (primary N) is 1. The summed E-state index contributed by atoms with van der Waals surface area (Å²) in [6.07, 6.45) is 2.38. The lowest BCUT2D eigenvalue weighted by atomic mass is 9.92. The average molecular weight is 289 g/mol. The molecule has 1 fully saturated rings. The van der Waals surface area contributed by atoms with Crippen molar-refractivity contribution in [3.05, 3.63) is 23.5 Å². The van der Waals surface area contributed by atoms with Crippen molar-refractivity contribution in [3.63, 3.8) is 0 Å². The second kappa shape index (κ2) is 4.79. The maximum absolute atomic E-state index is 13.9. The lowest BCUT2D eigenvalue weighted by Crippen LogP contribution is -2.19. The number of benzene rings is 1. The zero-order chi connectivity index (χ0) is 15.2. The number of aromatic nitrogens is 4. The van der Waals surface area contributed by atoms with Crippen LogP contribution in [0.3, 0.4) is 0 Å². The molecular weight excluding hydrogens is 269 g/mol. The van der Waals surface area contributed by atoms with Gasteiger partial charge in [-0.3, -0.25) is 0 Å². The molecule has 0 bridgehead atoms. The molecule has 1 aliphatic rings. The van der Waals surface area contributed by atoms with E-state index in [4.69, 9.17) is 5.73 Å². The van der Waals surface area contributed by atoms with Gasteiger partial charge in [0.1, 0.15) is 5.82 Å². The van der Waals surface area contributed by atoms with Crippen LogP contribution in [0.5, 0.6) is 0 Å². The van der Waals surface area contributed by atoms with Gasteiger partial charge in [0.2, 0.25) is 0 Å². The van der Waals surface area contributed by atoms with Gasteiger partial charge in [-0.25, -0.2) is 9.07 Å². The van der Waals surface area contributed by atoms with Crippen LogP contribution < -0.4 is 5.73 Å². The molecule has 0 amide bonds. The van der Waals surface area contributed by atoms with Crippen LogP contribution in [0.1, 0.15) is 32.3 Å². The molecule has 2 aromatic rings. The lowest BCUT2D eigenvalue weighted by Gasteiger charge is -2.19. The molecule has 6 heteroatoms. The van der Waals surface area contributed by atoms with Crippen LogP contribution in [0.25, 0.3) is 11.4 Å². The Morgan fingerprint density at radius 1 is 1.38 bits per heavy atom. The van der Waals surface area contributed by atoms with Gasteiger partial charge in [0, 0.05) is 16.8 Å². The number of nitrogen functional groups attached to an aromatic ring is 1. The van der Waals surface area contributed by atoms with Crippen molar-refractivity contribution in [1.82, 2.24) is 20.2 Å². The highest BCUT2D eigenvalue weighted by molar-refractivity contribution is 5.63. The highest BCUT2D eigenvalue weighted by Crippen LogP contribution is 2.53. The van der Waals surface area contributed by atoms with Crippen molar-refractivity contribution >= 4 is 5.69 Å². The molecule has 1 aromatic heterocycles. The van der Waals surface area contributed by atoms with Crippen LogP contribution in [0.2, 0.25) is 0 Å². The molecule has 0 atom stereocenters. The van der Waals surface area contributed by atoms with Crippen LogP contribution in [0, 0.1) is 24.1 Å². The smallest absolute Gasteiger partial charge is 0.182 e. The second-order valence-electron chi connectivity index (χ2n) is 6.35. The van der Waals surface area contributed by atoms with Gasteiger partial charge >= 0.3 is 0 Å². The number of hydrogen-bond acceptors (Lipinski definition) is 4. The summed E-state index contributed by atoms with van der Waals surface area (Å²) in [4.78, 5) is 0. The summed E-state index contributed by atoms with van der Waals surface area (Å²) in [6.45, 7) is 6.87. The molecule has 1 aromatic carbocycles. The van der Waals surface area contributed by atoms with E-state index in [-0.39, 0.29) is 11.2 Å². The molecule has 1 heterocycles. The number of halogens is 1. The van der Waals surface area contributed by atoms with Crippen molar-refractivity contribution in [2.75, 3.05) is 5.73 Å². The van der Waals surface area contributed by atoms with Gasteiger partial charge in [-0.15, -0.1) is 5.10 Å². The maximum atomic E-state index is 13.9. The predicted octanol–water partition coefficient (Wildman–Crippen LogP) is 2.81. The first-order valence-electron chi connectivity index (χ1n) is 7.25. The molecule has 1 aliphatic carbocycles. The number of tetrazole rings is 1. The van der Waals surface area contributed by atoms with Crippen molar-refractivity contribution in [2.45, 2.75) is 40.2 Å². The molecule has 0 unspecified atom stereocenters. The zero-order valence-corrected chi connectivity index (χ0v) is 12.6. The van der Waals surface area contributed by atoms with E-state index < -0.39 is 0 Å². The largest absolute Gasteiger partial charge is 0.398 e. The Bertz CT molecular complexity index is 649. The van der Waals surface area contributed by atoms with Gasteiger partial charge in [0.25, 0.3) is 0 Å². The monoisotopic (exact) mass is 289 g/mol. The fourth-order valence-electron chi connectivity index (χ4n) is 2.72. The summed E-state index contributed by atoms with van der Waals surface area (Å²) in [5.41, 5.74) is 7.63. The summed E-state index contributed by atoms with van der Waals surface area (Å²) in [5, 5.41) is 11.9. The van der Waals surface area contributed by atoms with Crippen LogP contribution in [-0.2, 0) is 6.54 Å². The minimum absolute atomic E-state index is 0.277. The molecule has 0 saturated heterocycles. The highest BCUT2D eigenvalue weighted by atomic mass is 19.1. The SMILES string of the molecule is Cc1c(N)cc(-c2nnnn2CC2(C(C)C)CC2)cc1F. The van der Waals surface area contributed by atoms with E-state index >= 15 is 0 Å². The molecule has 5 nitrogen and oxygen atoms in total. The lowest BCUT2D eigenvalue weighted by molar-refractivity contribution is 0.294. The standard InChI is InChI=1S/C15H20FN5/c1-9(2)15(4-5-15)8-21-14(18-19-20-21)11-6-12(16)10(3)13(17)7-11/h6-7,9H,4-5,8,17H2,1-3H3. The molecule has 0 spiro atoms. The molecule has 0 radical (unpaired) electrons. The third-order valence-corrected chi connectivity index (χ3v) is 4.76. The van der Waals surface area contributed by atoms with E-state index in [1.165, 1.54) is 18.9 Å². The molecular formula is C15H20FN5. The van der Waals surface area contributed by atoms with Crippen LogP contribution >= 0.6 is 0 Å². The van der Waals surface area contributed by atoms with E-state index in [2.05, 4.69) is 29.4 Å². The predicted molar refractivity (Wildman–Crippen MR) is 78.9 cm³/mol. The Morgan fingerprint density at radius 3 is 2.67 bits per heavy atom. The number of hydrogen-bond donors (Lipinski definition) is 1. The quantitative estimate of drug-likeness (QED) is 0.879. The maximum Gasteiger partial charge on any atom is 0.182 e. The Labute approximate surface area is 123 Å². The van der Waals surface area contributed by atoms with E-state index in [1.807, 2.05) is 0 Å². The summed E-state index contributed by atoms with van der Waals surface area (Å²) < 4.78 is 15.7. The first-order valence-corrected chi connectivity index (χ1v) is 7.25. The first kappa shape index (κ1) is 14.0. The minimum atomic E-state index is -0.329. The van der Waals surface area contributed by atoms with Crippen LogP contribution in [0.15, 0.2) is 12.1 Å². The Kier molecular flexibility index (Phi) is 3.19. The van der Waals surface area contributed by atoms with E-state index in [0.29, 0.717) is 28.6 Å². The van der Waals surface area contributed by atoms with Gasteiger partial charge in [0.15, 0.2) is 5.82 Å². The number of nitrogens with zero attached hydrogens (tertiary/aromatic N) is 4. The van der Waals surface area contributed by atoms with E-state index in [1.54, 1.807) is 17.7 Å². The summed E-state index contributed by atoms with van der Waals surface area (Å²) in [5.74, 6) is 0.825. The summed E-state index contributed by atoms with van der Waals surface area (Å²) in [7, 11) is 0. The molecule has 0 aliphatic heterocycles. The van der Waals surface area contributed by atoms with Crippen LogP contribution in [0.4, 0.5) is 10.1 Å². The number of anilines is 1. The normalized spacial score (nSPS) is 16.4. The second-order valence-corrected chi connectivity index (χ2v) is 6.35. The van der Waals surface area contributed by atoms with Crippen molar-refractivity contribution in [2.24, 2.45) is 11.3 Å².